The van der Waals surface area contributed by atoms with E-state index in [4.69, 9.17) is 4.74 Å². The van der Waals surface area contributed by atoms with E-state index in [2.05, 4.69) is 10.3 Å². The zero-order valence-electron chi connectivity index (χ0n) is 16.8. The highest BCUT2D eigenvalue weighted by molar-refractivity contribution is 5.80. The molecule has 6 heteroatoms. The fourth-order valence-corrected chi connectivity index (χ4v) is 4.28. The molecule has 1 aliphatic heterocycles. The van der Waals surface area contributed by atoms with Crippen LogP contribution in [0.4, 0.5) is 0 Å². The monoisotopic (exact) mass is 395 g/mol. The number of hydrogen-bond acceptors (Lipinski definition) is 4. The van der Waals surface area contributed by atoms with Crippen LogP contribution < -0.4 is 10.1 Å². The number of fused-ring (bicyclic) bond motifs is 1. The summed E-state index contributed by atoms with van der Waals surface area (Å²) in [5.41, 5.74) is 0.970. The molecule has 2 heterocycles. The van der Waals surface area contributed by atoms with Crippen LogP contribution in [0.15, 0.2) is 36.5 Å². The molecule has 29 heavy (non-hydrogen) atoms. The molecule has 0 unspecified atom stereocenters. The zero-order chi connectivity index (χ0) is 20.1. The van der Waals surface area contributed by atoms with Crippen LogP contribution in [0.1, 0.15) is 51.4 Å². The Morgan fingerprint density at radius 1 is 1.17 bits per heavy atom. The fraction of sp³-hybridized carbons (Fsp3) is 0.522. The normalized spacial score (nSPS) is 22.5. The van der Waals surface area contributed by atoms with Gasteiger partial charge in [-0.1, -0.05) is 6.07 Å². The van der Waals surface area contributed by atoms with Gasteiger partial charge in [-0.05, 0) is 62.8 Å². The van der Waals surface area contributed by atoms with Gasteiger partial charge < -0.3 is 15.0 Å². The molecule has 2 aromatic rings. The predicted molar refractivity (Wildman–Crippen MR) is 112 cm³/mol. The van der Waals surface area contributed by atoms with Crippen molar-refractivity contribution in [1.29, 1.82) is 0 Å². The SMILES string of the molecule is O=C(CCN1CCCCC1=O)NC1CCC(Oc2ccc3ncccc3c2)CC1. The van der Waals surface area contributed by atoms with Gasteiger partial charge in [-0.25, -0.2) is 0 Å². The van der Waals surface area contributed by atoms with E-state index < -0.39 is 0 Å². The van der Waals surface area contributed by atoms with E-state index in [1.54, 1.807) is 6.20 Å². The molecule has 2 fully saturated rings. The number of carbonyl (C=O) groups is 2. The average Bonchev–Trinajstić information content (AvgIpc) is 2.74. The van der Waals surface area contributed by atoms with Crippen molar-refractivity contribution in [2.24, 2.45) is 0 Å². The molecule has 0 bridgehead atoms. The summed E-state index contributed by atoms with van der Waals surface area (Å²) in [5, 5.41) is 4.22. The van der Waals surface area contributed by atoms with E-state index in [1.165, 1.54) is 0 Å². The molecule has 1 aromatic carbocycles. The Bertz CT molecular complexity index is 861. The lowest BCUT2D eigenvalue weighted by molar-refractivity contribution is -0.133. The van der Waals surface area contributed by atoms with Crippen molar-refractivity contribution >= 4 is 22.7 Å². The van der Waals surface area contributed by atoms with Gasteiger partial charge in [0.2, 0.25) is 11.8 Å². The highest BCUT2D eigenvalue weighted by Crippen LogP contribution is 2.26. The summed E-state index contributed by atoms with van der Waals surface area (Å²) in [4.78, 5) is 30.3. The molecule has 1 aliphatic carbocycles. The van der Waals surface area contributed by atoms with Crippen LogP contribution in [0.25, 0.3) is 10.9 Å². The zero-order valence-corrected chi connectivity index (χ0v) is 16.8. The Labute approximate surface area is 171 Å². The van der Waals surface area contributed by atoms with Gasteiger partial charge in [0, 0.05) is 43.6 Å². The molecule has 0 atom stereocenters. The Morgan fingerprint density at radius 2 is 2.03 bits per heavy atom. The van der Waals surface area contributed by atoms with Gasteiger partial charge in [0.25, 0.3) is 0 Å². The third-order valence-electron chi connectivity index (χ3n) is 5.95. The Kier molecular flexibility index (Phi) is 6.27. The maximum atomic E-state index is 12.3. The van der Waals surface area contributed by atoms with E-state index in [1.807, 2.05) is 35.2 Å². The molecule has 1 saturated heterocycles. The highest BCUT2D eigenvalue weighted by atomic mass is 16.5. The topological polar surface area (TPSA) is 71.5 Å². The maximum absolute atomic E-state index is 12.3. The number of aromatic nitrogens is 1. The van der Waals surface area contributed by atoms with Crippen molar-refractivity contribution in [1.82, 2.24) is 15.2 Å². The molecule has 1 N–H and O–H groups in total. The standard InChI is InChI=1S/C23H29N3O3/c27-22(12-15-26-14-2-1-5-23(26)28)25-18-6-8-19(9-7-18)29-20-10-11-21-17(16-20)4-3-13-24-21/h3-4,10-11,13,16,18-19H,1-2,5-9,12,14-15H2,(H,25,27). The molecular weight excluding hydrogens is 366 g/mol. The predicted octanol–water partition coefficient (Wildman–Crippen LogP) is 3.44. The first kappa shape index (κ1) is 19.7. The second-order valence-electron chi connectivity index (χ2n) is 8.10. The summed E-state index contributed by atoms with van der Waals surface area (Å²) in [5.74, 6) is 1.12. The lowest BCUT2D eigenvalue weighted by Crippen LogP contribution is -2.42. The molecule has 1 aromatic heterocycles. The number of carbonyl (C=O) groups excluding carboxylic acids is 2. The van der Waals surface area contributed by atoms with Crippen LogP contribution in [0.2, 0.25) is 0 Å². The number of benzene rings is 1. The van der Waals surface area contributed by atoms with Gasteiger partial charge in [-0.2, -0.15) is 0 Å². The lowest BCUT2D eigenvalue weighted by atomic mass is 9.92. The molecule has 0 radical (unpaired) electrons. The van der Waals surface area contributed by atoms with Crippen LogP contribution >= 0.6 is 0 Å². The third kappa shape index (κ3) is 5.25. The number of nitrogens with one attached hydrogen (secondary N) is 1. The van der Waals surface area contributed by atoms with Gasteiger partial charge in [-0.3, -0.25) is 14.6 Å². The number of nitrogens with zero attached hydrogens (tertiary/aromatic N) is 2. The molecule has 2 aliphatic rings. The number of piperidine rings is 1. The second kappa shape index (κ2) is 9.25. The van der Waals surface area contributed by atoms with Gasteiger partial charge in [0.05, 0.1) is 11.6 Å². The van der Waals surface area contributed by atoms with Gasteiger partial charge >= 0.3 is 0 Å². The lowest BCUT2D eigenvalue weighted by Gasteiger charge is -2.30. The largest absolute Gasteiger partial charge is 0.490 e. The van der Waals surface area contributed by atoms with Crippen LogP contribution in [0, 0.1) is 0 Å². The van der Waals surface area contributed by atoms with Gasteiger partial charge in [-0.15, -0.1) is 0 Å². The number of ether oxygens (including phenoxy) is 1. The van der Waals surface area contributed by atoms with Crippen LogP contribution in [-0.2, 0) is 9.59 Å². The summed E-state index contributed by atoms with van der Waals surface area (Å²) in [6, 6.07) is 10.2. The van der Waals surface area contributed by atoms with E-state index in [0.717, 1.165) is 61.7 Å². The number of likely N-dealkylation sites (tertiary alicyclic amines) is 1. The van der Waals surface area contributed by atoms with Crippen molar-refractivity contribution in [2.45, 2.75) is 63.5 Å². The fourth-order valence-electron chi connectivity index (χ4n) is 4.28. The van der Waals surface area contributed by atoms with Crippen LogP contribution in [-0.4, -0.2) is 46.9 Å². The molecular formula is C23H29N3O3. The van der Waals surface area contributed by atoms with Crippen molar-refractivity contribution in [2.75, 3.05) is 13.1 Å². The van der Waals surface area contributed by atoms with Crippen molar-refractivity contribution < 1.29 is 14.3 Å². The smallest absolute Gasteiger partial charge is 0.222 e. The van der Waals surface area contributed by atoms with Crippen LogP contribution in [0.5, 0.6) is 5.75 Å². The van der Waals surface area contributed by atoms with Crippen molar-refractivity contribution in [3.8, 4) is 5.75 Å². The Balaban J connectivity index is 1.19. The minimum Gasteiger partial charge on any atom is -0.490 e. The van der Waals surface area contributed by atoms with Crippen molar-refractivity contribution in [3.05, 3.63) is 36.5 Å². The number of rotatable bonds is 6. The quantitative estimate of drug-likeness (QED) is 0.813. The van der Waals surface area contributed by atoms with E-state index in [-0.39, 0.29) is 24.0 Å². The average molecular weight is 396 g/mol. The molecule has 154 valence electrons. The molecule has 1 saturated carbocycles. The first-order chi connectivity index (χ1) is 14.2. The van der Waals surface area contributed by atoms with E-state index in [9.17, 15) is 9.59 Å². The van der Waals surface area contributed by atoms with Gasteiger partial charge in [0.15, 0.2) is 0 Å². The number of hydrogen-bond donors (Lipinski definition) is 1. The van der Waals surface area contributed by atoms with E-state index >= 15 is 0 Å². The Hall–Kier alpha value is -2.63. The van der Waals surface area contributed by atoms with Gasteiger partial charge in [0.1, 0.15) is 5.75 Å². The minimum absolute atomic E-state index is 0.0507. The minimum atomic E-state index is 0.0507. The molecule has 2 amide bonds. The third-order valence-corrected chi connectivity index (χ3v) is 5.95. The van der Waals surface area contributed by atoms with Crippen LogP contribution in [0.3, 0.4) is 0 Å². The Morgan fingerprint density at radius 3 is 2.86 bits per heavy atom. The second-order valence-corrected chi connectivity index (χ2v) is 8.10. The summed E-state index contributed by atoms with van der Waals surface area (Å²) >= 11 is 0. The number of amides is 2. The van der Waals surface area contributed by atoms with E-state index in [0.29, 0.717) is 19.4 Å². The molecule has 4 rings (SSSR count). The summed E-state index contributed by atoms with van der Waals surface area (Å²) in [6.45, 7) is 1.33. The summed E-state index contributed by atoms with van der Waals surface area (Å²) in [6.07, 6.45) is 8.73. The molecule has 0 spiro atoms. The summed E-state index contributed by atoms with van der Waals surface area (Å²) in [7, 11) is 0. The number of pyridine rings is 1. The highest BCUT2D eigenvalue weighted by Gasteiger charge is 2.24. The first-order valence-electron chi connectivity index (χ1n) is 10.8. The van der Waals surface area contributed by atoms with Crippen molar-refractivity contribution in [3.63, 3.8) is 0 Å². The first-order valence-corrected chi connectivity index (χ1v) is 10.8. The molecule has 6 nitrogen and oxygen atoms in total. The maximum Gasteiger partial charge on any atom is 0.222 e. The summed E-state index contributed by atoms with van der Waals surface area (Å²) < 4.78 is 6.17.